The summed E-state index contributed by atoms with van der Waals surface area (Å²) in [5.41, 5.74) is 5.21. The van der Waals surface area contributed by atoms with Gasteiger partial charge < -0.3 is 0 Å². The van der Waals surface area contributed by atoms with Crippen LogP contribution < -0.4 is 0 Å². The van der Waals surface area contributed by atoms with Gasteiger partial charge in [0.2, 0.25) is 0 Å². The van der Waals surface area contributed by atoms with Crippen LogP contribution in [0.15, 0.2) is 47.3 Å². The molecule has 0 nitrogen and oxygen atoms in total. The highest BCUT2D eigenvalue weighted by Gasteiger charge is 2.14. The highest BCUT2D eigenvalue weighted by atomic mass is 19.1. The molecule has 0 aliphatic heterocycles. The van der Waals surface area contributed by atoms with E-state index in [2.05, 4.69) is 78.8 Å². The third kappa shape index (κ3) is 15.5. The molecular weight excluding hydrogens is 415 g/mol. The Balaban J connectivity index is 0. The van der Waals surface area contributed by atoms with Gasteiger partial charge >= 0.3 is 0 Å². The second kappa shape index (κ2) is 18.0. The smallest absolute Gasteiger partial charge is 0.0991 e. The summed E-state index contributed by atoms with van der Waals surface area (Å²) >= 11 is 0. The van der Waals surface area contributed by atoms with Gasteiger partial charge in [0.1, 0.15) is 0 Å². The summed E-state index contributed by atoms with van der Waals surface area (Å²) < 4.78 is 12.7. The zero-order chi connectivity index (χ0) is 24.8. The largest absolute Gasteiger partial charge is 0.212 e. The Labute approximate surface area is 215 Å². The first-order chi connectivity index (χ1) is 15.6. The van der Waals surface area contributed by atoms with Crippen molar-refractivity contribution >= 4 is 0 Å². The lowest BCUT2D eigenvalue weighted by Gasteiger charge is -2.22. The summed E-state index contributed by atoms with van der Waals surface area (Å²) in [7, 11) is 0. The molecule has 1 saturated carbocycles. The molecule has 4 rings (SSSR count). The van der Waals surface area contributed by atoms with Crippen molar-refractivity contribution < 1.29 is 5.82 Å². The third-order valence-electron chi connectivity index (χ3n) is 7.43. The summed E-state index contributed by atoms with van der Waals surface area (Å²) in [5, 5.41) is 0. The van der Waals surface area contributed by atoms with Crippen molar-refractivity contribution in [1.29, 1.82) is 0 Å². The fourth-order valence-corrected chi connectivity index (χ4v) is 4.34. The monoisotopic (exact) mass is 474 g/mol. The number of hydrogen-bond acceptors (Lipinski definition) is 0. The number of halogens is 1. The molecule has 34 heavy (non-hydrogen) atoms. The molecule has 1 fully saturated rings. The van der Waals surface area contributed by atoms with Crippen LogP contribution in [0, 0.1) is 37.5 Å². The van der Waals surface area contributed by atoms with E-state index >= 15 is 0 Å². The Kier molecular flexibility index (Phi) is 17.3. The number of allylic oxidation sites excluding steroid dienone is 4. The Morgan fingerprint density at radius 1 is 0.647 bits per heavy atom. The summed E-state index contributed by atoms with van der Waals surface area (Å²) in [5.74, 6) is 3.68. The maximum atomic E-state index is 12.7. The van der Waals surface area contributed by atoms with Crippen LogP contribution in [-0.2, 0) is 0 Å². The zero-order valence-electron chi connectivity index (χ0n) is 23.1. The summed E-state index contributed by atoms with van der Waals surface area (Å²) in [6.07, 6.45) is 15.1. The topological polar surface area (TPSA) is 0 Å². The Morgan fingerprint density at radius 2 is 1.09 bits per heavy atom. The SMILES string of the molecule is C.CC1=C(F)CC(C)CC1.CC1=CCC(C)CC1.CC1CCC(C)CC1.Cc1ccc(C)cc1.[HH]. The van der Waals surface area contributed by atoms with Gasteiger partial charge in [-0.15, -0.1) is 0 Å². The molecule has 3 aliphatic rings. The summed E-state index contributed by atoms with van der Waals surface area (Å²) in [4.78, 5) is 0. The van der Waals surface area contributed by atoms with Crippen molar-refractivity contribution in [1.82, 2.24) is 0 Å². The molecule has 2 unspecified atom stereocenters. The molecule has 0 bridgehead atoms. The van der Waals surface area contributed by atoms with Crippen molar-refractivity contribution in [3.8, 4) is 0 Å². The van der Waals surface area contributed by atoms with Crippen molar-refractivity contribution in [2.24, 2.45) is 23.7 Å². The van der Waals surface area contributed by atoms with E-state index in [1.165, 1.54) is 62.5 Å². The minimum absolute atomic E-state index is 0. The van der Waals surface area contributed by atoms with E-state index in [4.69, 9.17) is 0 Å². The first-order valence-corrected chi connectivity index (χ1v) is 13.6. The van der Waals surface area contributed by atoms with Crippen LogP contribution >= 0.6 is 0 Å². The van der Waals surface area contributed by atoms with Gasteiger partial charge in [-0.1, -0.05) is 108 Å². The van der Waals surface area contributed by atoms with Crippen molar-refractivity contribution in [3.05, 3.63) is 58.4 Å². The number of hydrogen-bond donors (Lipinski definition) is 0. The fourth-order valence-electron chi connectivity index (χ4n) is 4.34. The van der Waals surface area contributed by atoms with Gasteiger partial charge in [0.05, 0.1) is 5.83 Å². The lowest BCUT2D eigenvalue weighted by atomic mass is 9.84. The predicted molar refractivity (Wildman–Crippen MR) is 155 cm³/mol. The highest BCUT2D eigenvalue weighted by Crippen LogP contribution is 2.29. The van der Waals surface area contributed by atoms with E-state index in [1.807, 2.05) is 6.92 Å². The summed E-state index contributed by atoms with van der Waals surface area (Å²) in [6.45, 7) is 17.5. The second-order valence-electron chi connectivity index (χ2n) is 11.5. The molecule has 1 aromatic carbocycles. The van der Waals surface area contributed by atoms with Crippen molar-refractivity contribution in [2.75, 3.05) is 0 Å². The van der Waals surface area contributed by atoms with Gasteiger partial charge in [0.15, 0.2) is 0 Å². The van der Waals surface area contributed by atoms with E-state index in [0.717, 1.165) is 29.7 Å². The van der Waals surface area contributed by atoms with E-state index in [9.17, 15) is 4.39 Å². The van der Waals surface area contributed by atoms with Gasteiger partial charge in [-0.2, -0.15) is 0 Å². The van der Waals surface area contributed by atoms with Gasteiger partial charge in [-0.05, 0) is 89.0 Å². The lowest BCUT2D eigenvalue weighted by Crippen LogP contribution is -2.08. The first-order valence-electron chi connectivity index (χ1n) is 13.6. The van der Waals surface area contributed by atoms with Crippen molar-refractivity contribution in [2.45, 2.75) is 127 Å². The Hall–Kier alpha value is -1.37. The minimum atomic E-state index is 0. The first kappa shape index (κ1) is 32.6. The molecule has 0 amide bonds. The minimum Gasteiger partial charge on any atom is -0.212 e. The van der Waals surface area contributed by atoms with E-state index in [-0.39, 0.29) is 14.7 Å². The highest BCUT2D eigenvalue weighted by molar-refractivity contribution is 5.19. The van der Waals surface area contributed by atoms with Crippen LogP contribution in [0.2, 0.25) is 0 Å². The fraction of sp³-hybridized carbons (Fsp3) is 0.697. The molecule has 2 atom stereocenters. The quantitative estimate of drug-likeness (QED) is 0.328. The van der Waals surface area contributed by atoms with Gasteiger partial charge in [0, 0.05) is 7.85 Å². The van der Waals surface area contributed by atoms with Crippen LogP contribution in [-0.4, -0.2) is 0 Å². The zero-order valence-corrected chi connectivity index (χ0v) is 23.1. The van der Waals surface area contributed by atoms with Gasteiger partial charge in [-0.25, -0.2) is 4.39 Å². The van der Waals surface area contributed by atoms with Crippen molar-refractivity contribution in [3.63, 3.8) is 0 Å². The molecule has 0 radical (unpaired) electrons. The lowest BCUT2D eigenvalue weighted by molar-refractivity contribution is 0.308. The predicted octanol–water partition coefficient (Wildman–Crippen LogP) is 11.8. The molecule has 1 heteroatoms. The normalized spacial score (nSPS) is 26.2. The van der Waals surface area contributed by atoms with Crippen LogP contribution in [0.1, 0.15) is 126 Å². The molecule has 3 aliphatic carbocycles. The number of rotatable bonds is 0. The molecule has 1 aromatic rings. The second-order valence-corrected chi connectivity index (χ2v) is 11.5. The average molecular weight is 475 g/mol. The van der Waals surface area contributed by atoms with Crippen LogP contribution in [0.3, 0.4) is 0 Å². The van der Waals surface area contributed by atoms with E-state index in [0.29, 0.717) is 12.3 Å². The molecule has 198 valence electrons. The maximum absolute atomic E-state index is 12.7. The Morgan fingerprint density at radius 3 is 1.41 bits per heavy atom. The molecular formula is C33H59F. The third-order valence-corrected chi connectivity index (χ3v) is 7.43. The van der Waals surface area contributed by atoms with Gasteiger partial charge in [0.25, 0.3) is 0 Å². The molecule has 0 spiro atoms. The molecule has 0 heterocycles. The van der Waals surface area contributed by atoms with Crippen LogP contribution in [0.5, 0.6) is 0 Å². The number of benzene rings is 1. The molecule has 0 aromatic heterocycles. The standard InChI is InChI=1S/C8H13F.C8H16.C8H14.C8H10.CH4.H2/c1-6-3-4-7(2)8(9)5-6;3*1-7-3-5-8(2)6-4-7;;/h6H,3-5H2,1-2H3;7-8H,3-6H2,1-2H3;3,8H,4-6H2,1-2H3;3-6H,1-2H3;1H4;1H. The van der Waals surface area contributed by atoms with Gasteiger partial charge in [-0.3, -0.25) is 0 Å². The van der Waals surface area contributed by atoms with Crippen LogP contribution in [0.4, 0.5) is 4.39 Å². The maximum Gasteiger partial charge on any atom is 0.0991 e. The average Bonchev–Trinajstić information content (AvgIpc) is 2.79. The summed E-state index contributed by atoms with van der Waals surface area (Å²) in [6, 6.07) is 8.48. The van der Waals surface area contributed by atoms with E-state index < -0.39 is 0 Å². The molecule has 0 saturated heterocycles. The van der Waals surface area contributed by atoms with Crippen LogP contribution in [0.25, 0.3) is 0 Å². The molecule has 0 N–H and O–H groups in total. The number of aryl methyl sites for hydroxylation is 2. The Bertz CT molecular complexity index is 676. The van der Waals surface area contributed by atoms with E-state index in [1.54, 1.807) is 5.57 Å².